The lowest BCUT2D eigenvalue weighted by Crippen LogP contribution is -2.54. The molecule has 0 bridgehead atoms. The molecule has 5 heteroatoms. The Kier molecular flexibility index (Phi) is 9.64. The van der Waals surface area contributed by atoms with E-state index in [9.17, 15) is 0 Å². The highest BCUT2D eigenvalue weighted by molar-refractivity contribution is 5.18. The Morgan fingerprint density at radius 1 is 0.686 bits per heavy atom. The van der Waals surface area contributed by atoms with Crippen LogP contribution in [0.15, 0.2) is 103 Å². The normalized spacial score (nSPS) is 22.3. The molecule has 1 fully saturated rings. The summed E-state index contributed by atoms with van der Waals surface area (Å²) in [5.74, 6) is 0. The first-order valence-electron chi connectivity index (χ1n) is 12.1. The van der Waals surface area contributed by atoms with Gasteiger partial charge in [-0.05, 0) is 23.6 Å². The van der Waals surface area contributed by atoms with E-state index in [1.807, 2.05) is 97.9 Å². The molecule has 3 aromatic carbocycles. The lowest BCUT2D eigenvalue weighted by atomic mass is 9.96. The third kappa shape index (κ3) is 7.34. The molecule has 4 rings (SSSR count). The highest BCUT2D eigenvalue weighted by atomic mass is 16.7. The van der Waals surface area contributed by atoms with E-state index in [1.165, 1.54) is 0 Å². The monoisotopic (exact) mass is 474 g/mol. The molecular weight excluding hydrogens is 440 g/mol. The van der Waals surface area contributed by atoms with Crippen LogP contribution in [-0.4, -0.2) is 37.8 Å². The van der Waals surface area contributed by atoms with Crippen molar-refractivity contribution in [3.05, 3.63) is 120 Å². The zero-order valence-corrected chi connectivity index (χ0v) is 20.3. The van der Waals surface area contributed by atoms with Crippen LogP contribution in [0.5, 0.6) is 0 Å². The summed E-state index contributed by atoms with van der Waals surface area (Å²) in [5.41, 5.74) is 3.99. The van der Waals surface area contributed by atoms with E-state index in [2.05, 4.69) is 6.58 Å². The fourth-order valence-corrected chi connectivity index (χ4v) is 4.09. The molecule has 35 heavy (non-hydrogen) atoms. The van der Waals surface area contributed by atoms with Crippen LogP contribution in [0, 0.1) is 0 Å². The van der Waals surface area contributed by atoms with E-state index < -0.39 is 18.5 Å². The Balaban J connectivity index is 1.51. The molecule has 1 aliphatic rings. The second kappa shape index (κ2) is 13.3. The summed E-state index contributed by atoms with van der Waals surface area (Å²) >= 11 is 0. The zero-order valence-electron chi connectivity index (χ0n) is 20.3. The quantitative estimate of drug-likeness (QED) is 0.316. The maximum atomic E-state index is 6.44. The van der Waals surface area contributed by atoms with Crippen LogP contribution in [0.3, 0.4) is 0 Å². The van der Waals surface area contributed by atoms with Crippen molar-refractivity contribution in [1.82, 2.24) is 0 Å². The largest absolute Gasteiger partial charge is 0.374 e. The molecule has 0 aromatic heterocycles. The van der Waals surface area contributed by atoms with Crippen LogP contribution in [-0.2, 0) is 43.5 Å². The van der Waals surface area contributed by atoms with Crippen molar-refractivity contribution < 1.29 is 23.7 Å². The van der Waals surface area contributed by atoms with Gasteiger partial charge in [-0.25, -0.2) is 0 Å². The van der Waals surface area contributed by atoms with Crippen molar-refractivity contribution >= 4 is 0 Å². The van der Waals surface area contributed by atoms with Gasteiger partial charge in [-0.15, -0.1) is 0 Å². The first-order chi connectivity index (χ1) is 17.2. The highest BCUT2D eigenvalue weighted by Gasteiger charge is 2.43. The fraction of sp³-hybridized carbons (Fsp3) is 0.333. The third-order valence-corrected chi connectivity index (χ3v) is 5.90. The Morgan fingerprint density at radius 3 is 1.74 bits per heavy atom. The molecule has 0 spiro atoms. The number of hydrogen-bond acceptors (Lipinski definition) is 5. The van der Waals surface area contributed by atoms with E-state index in [4.69, 9.17) is 23.7 Å². The molecule has 0 amide bonds. The number of benzene rings is 3. The van der Waals surface area contributed by atoms with Gasteiger partial charge in [0.1, 0.15) is 18.3 Å². The highest BCUT2D eigenvalue weighted by Crippen LogP contribution is 2.31. The van der Waals surface area contributed by atoms with Gasteiger partial charge in [0.15, 0.2) is 6.29 Å². The van der Waals surface area contributed by atoms with Gasteiger partial charge in [0.2, 0.25) is 0 Å². The van der Waals surface area contributed by atoms with Crippen molar-refractivity contribution in [3.8, 4) is 0 Å². The molecule has 0 N–H and O–H groups in total. The molecule has 1 aliphatic heterocycles. The average molecular weight is 475 g/mol. The summed E-state index contributed by atoms with van der Waals surface area (Å²) in [6.07, 6.45) is -1.78. The molecule has 0 aliphatic carbocycles. The van der Waals surface area contributed by atoms with Crippen molar-refractivity contribution in [2.24, 2.45) is 0 Å². The summed E-state index contributed by atoms with van der Waals surface area (Å²) < 4.78 is 31.1. The minimum absolute atomic E-state index is 0.344. The second-order valence-corrected chi connectivity index (χ2v) is 8.52. The topological polar surface area (TPSA) is 46.2 Å². The van der Waals surface area contributed by atoms with Crippen molar-refractivity contribution in [3.63, 3.8) is 0 Å². The smallest absolute Gasteiger partial charge is 0.182 e. The Hall–Kier alpha value is -2.80. The molecule has 3 aromatic rings. The molecule has 5 nitrogen and oxygen atoms in total. The van der Waals surface area contributed by atoms with E-state index in [1.54, 1.807) is 0 Å². The van der Waals surface area contributed by atoms with Gasteiger partial charge in [0.25, 0.3) is 0 Å². The summed E-state index contributed by atoms with van der Waals surface area (Å²) in [4.78, 5) is 0. The molecule has 1 saturated heterocycles. The van der Waals surface area contributed by atoms with Gasteiger partial charge in [-0.1, -0.05) is 97.6 Å². The van der Waals surface area contributed by atoms with Crippen LogP contribution in [0.25, 0.3) is 0 Å². The number of rotatable bonds is 12. The first kappa shape index (κ1) is 25.3. The van der Waals surface area contributed by atoms with Crippen molar-refractivity contribution in [1.29, 1.82) is 0 Å². The Labute approximate surface area is 208 Å². The standard InChI is InChI=1S/C30H34O5/c1-3-32-30-23(2)28(33-20-25-15-9-5-10-16-25)29(34-21-26-17-11-6-12-18-26)27(35-30)22-31-19-24-13-7-4-8-14-24/h4-18,27-30H,2-3,19-22H2,1H3/t27-,28-,29+,30+/m1/s1. The van der Waals surface area contributed by atoms with Crippen LogP contribution >= 0.6 is 0 Å². The first-order valence-corrected chi connectivity index (χ1v) is 12.1. The van der Waals surface area contributed by atoms with Gasteiger partial charge in [0.05, 0.1) is 26.4 Å². The molecular formula is C30H34O5. The summed E-state index contributed by atoms with van der Waals surface area (Å²) in [7, 11) is 0. The minimum Gasteiger partial charge on any atom is -0.374 e. The Bertz CT molecular complexity index is 1010. The summed E-state index contributed by atoms with van der Waals surface area (Å²) in [5, 5.41) is 0. The predicted octanol–water partition coefficient (Wildman–Crippen LogP) is 5.69. The summed E-state index contributed by atoms with van der Waals surface area (Å²) in [6.45, 7) is 8.42. The van der Waals surface area contributed by atoms with Gasteiger partial charge in [0, 0.05) is 12.2 Å². The van der Waals surface area contributed by atoms with E-state index in [0.717, 1.165) is 22.3 Å². The van der Waals surface area contributed by atoms with Gasteiger partial charge in [-0.2, -0.15) is 0 Å². The fourth-order valence-electron chi connectivity index (χ4n) is 4.09. The van der Waals surface area contributed by atoms with Crippen molar-refractivity contribution in [2.75, 3.05) is 13.2 Å². The average Bonchev–Trinajstić information content (AvgIpc) is 2.90. The third-order valence-electron chi connectivity index (χ3n) is 5.90. The van der Waals surface area contributed by atoms with E-state index >= 15 is 0 Å². The van der Waals surface area contributed by atoms with Crippen LogP contribution in [0.4, 0.5) is 0 Å². The Morgan fingerprint density at radius 2 is 1.20 bits per heavy atom. The van der Waals surface area contributed by atoms with Gasteiger partial charge >= 0.3 is 0 Å². The van der Waals surface area contributed by atoms with Crippen LogP contribution < -0.4 is 0 Å². The van der Waals surface area contributed by atoms with E-state index in [0.29, 0.717) is 33.0 Å². The zero-order chi connectivity index (χ0) is 24.3. The van der Waals surface area contributed by atoms with Crippen LogP contribution in [0.1, 0.15) is 23.6 Å². The molecule has 1 heterocycles. The molecule has 0 saturated carbocycles. The predicted molar refractivity (Wildman–Crippen MR) is 136 cm³/mol. The molecule has 4 atom stereocenters. The van der Waals surface area contributed by atoms with Gasteiger partial charge < -0.3 is 23.7 Å². The molecule has 0 unspecified atom stereocenters. The summed E-state index contributed by atoms with van der Waals surface area (Å²) in [6, 6.07) is 30.3. The number of ether oxygens (including phenoxy) is 5. The second-order valence-electron chi connectivity index (χ2n) is 8.52. The maximum absolute atomic E-state index is 6.44. The van der Waals surface area contributed by atoms with E-state index in [-0.39, 0.29) is 6.10 Å². The molecule has 184 valence electrons. The maximum Gasteiger partial charge on any atom is 0.182 e. The van der Waals surface area contributed by atoms with Crippen molar-refractivity contribution in [2.45, 2.75) is 51.3 Å². The minimum atomic E-state index is -0.581. The molecule has 0 radical (unpaired) electrons. The number of hydrogen-bond donors (Lipinski definition) is 0. The SMILES string of the molecule is C=C1[C@@H](OCC)O[C@H](COCc2ccccc2)[C@H](OCc2ccccc2)[C@@H]1OCc1ccccc1. The lowest BCUT2D eigenvalue weighted by Gasteiger charge is -2.42. The lowest BCUT2D eigenvalue weighted by molar-refractivity contribution is -0.248. The van der Waals surface area contributed by atoms with Gasteiger partial charge in [-0.3, -0.25) is 0 Å². The van der Waals surface area contributed by atoms with Crippen LogP contribution in [0.2, 0.25) is 0 Å².